The van der Waals surface area contributed by atoms with Gasteiger partial charge >= 0.3 is 0 Å². The number of carbonyl (C=O) groups is 1. The van der Waals surface area contributed by atoms with E-state index in [4.69, 9.17) is 16.3 Å². The summed E-state index contributed by atoms with van der Waals surface area (Å²) in [4.78, 5) is 14.1. The largest absolute Gasteiger partial charge is 0.479 e. The van der Waals surface area contributed by atoms with Crippen molar-refractivity contribution in [2.75, 3.05) is 26.2 Å². The number of hydrogen-bond donors (Lipinski definition) is 1. The lowest BCUT2D eigenvalue weighted by Crippen LogP contribution is -2.42. The van der Waals surface area contributed by atoms with Gasteiger partial charge in [-0.15, -0.1) is 0 Å². The van der Waals surface area contributed by atoms with Crippen LogP contribution in [0.15, 0.2) is 18.2 Å². The maximum Gasteiger partial charge on any atom is 0.263 e. The molecule has 1 unspecified atom stereocenters. The number of nitrogens with one attached hydrogen (secondary N) is 1. The number of ether oxygens (including phenoxy) is 1. The Balaban J connectivity index is 1.99. The second-order valence-electron chi connectivity index (χ2n) is 4.76. The van der Waals surface area contributed by atoms with Crippen LogP contribution in [0, 0.1) is 5.82 Å². The number of amides is 1. The first-order valence-electron chi connectivity index (χ1n) is 6.69. The smallest absolute Gasteiger partial charge is 0.263 e. The third-order valence-electron chi connectivity index (χ3n) is 3.20. The maximum atomic E-state index is 13.0. The summed E-state index contributed by atoms with van der Waals surface area (Å²) in [5.41, 5.74) is 0. The third kappa shape index (κ3) is 3.84. The number of hydrogen-bond acceptors (Lipinski definition) is 3. The molecule has 1 aliphatic rings. The second kappa shape index (κ2) is 6.90. The van der Waals surface area contributed by atoms with Gasteiger partial charge in [0.15, 0.2) is 6.10 Å². The van der Waals surface area contributed by atoms with E-state index in [1.807, 2.05) is 0 Å². The molecule has 1 amide bonds. The molecule has 0 spiro atoms. The molecule has 1 heterocycles. The standard InChI is InChI=1S/C14H18ClFN2O2/c1-10(14(19)18-7-2-5-17-6-8-18)20-13-4-3-11(16)9-12(13)15/h3-4,9-10,17H,2,5-8H2,1H3. The molecule has 1 N–H and O–H groups in total. The van der Waals surface area contributed by atoms with Crippen LogP contribution in [-0.4, -0.2) is 43.1 Å². The number of halogens is 2. The minimum Gasteiger partial charge on any atom is -0.479 e. The zero-order valence-corrected chi connectivity index (χ0v) is 12.1. The van der Waals surface area contributed by atoms with Crippen LogP contribution >= 0.6 is 11.6 Å². The Morgan fingerprint density at radius 3 is 3.00 bits per heavy atom. The summed E-state index contributed by atoms with van der Waals surface area (Å²) in [5.74, 6) is -0.184. The molecule has 4 nitrogen and oxygen atoms in total. The zero-order valence-electron chi connectivity index (χ0n) is 11.4. The Kier molecular flexibility index (Phi) is 5.20. The molecule has 1 atom stereocenters. The van der Waals surface area contributed by atoms with Crippen molar-refractivity contribution in [2.45, 2.75) is 19.4 Å². The molecule has 0 saturated carbocycles. The zero-order chi connectivity index (χ0) is 14.5. The monoisotopic (exact) mass is 300 g/mol. The molecule has 110 valence electrons. The highest BCUT2D eigenvalue weighted by Crippen LogP contribution is 2.26. The normalized spacial score (nSPS) is 17.4. The lowest BCUT2D eigenvalue weighted by atomic mass is 10.3. The molecular weight excluding hydrogens is 283 g/mol. The maximum absolute atomic E-state index is 13.0. The first-order valence-corrected chi connectivity index (χ1v) is 7.07. The van der Waals surface area contributed by atoms with Crippen molar-refractivity contribution in [3.8, 4) is 5.75 Å². The highest BCUT2D eigenvalue weighted by molar-refractivity contribution is 6.32. The van der Waals surface area contributed by atoms with Crippen LogP contribution in [-0.2, 0) is 4.79 Å². The predicted molar refractivity (Wildman–Crippen MR) is 75.6 cm³/mol. The van der Waals surface area contributed by atoms with E-state index in [1.165, 1.54) is 18.2 Å². The number of carbonyl (C=O) groups excluding carboxylic acids is 1. The highest BCUT2D eigenvalue weighted by atomic mass is 35.5. The number of rotatable bonds is 3. The molecule has 0 aromatic heterocycles. The summed E-state index contributed by atoms with van der Waals surface area (Å²) in [6, 6.07) is 3.86. The van der Waals surface area contributed by atoms with Crippen LogP contribution in [0.5, 0.6) is 5.75 Å². The van der Waals surface area contributed by atoms with Crippen molar-refractivity contribution in [2.24, 2.45) is 0 Å². The molecule has 20 heavy (non-hydrogen) atoms. The molecule has 0 bridgehead atoms. The summed E-state index contributed by atoms with van der Waals surface area (Å²) in [7, 11) is 0. The van der Waals surface area contributed by atoms with Gasteiger partial charge in [-0.3, -0.25) is 4.79 Å². The topological polar surface area (TPSA) is 41.6 Å². The molecule has 1 aromatic carbocycles. The summed E-state index contributed by atoms with van der Waals surface area (Å²) >= 11 is 5.89. The minimum absolute atomic E-state index is 0.0749. The predicted octanol–water partition coefficient (Wildman–Crippen LogP) is 2.07. The first-order chi connectivity index (χ1) is 9.58. The van der Waals surface area contributed by atoms with E-state index in [0.29, 0.717) is 12.3 Å². The molecule has 2 rings (SSSR count). The third-order valence-corrected chi connectivity index (χ3v) is 3.49. The van der Waals surface area contributed by atoms with E-state index < -0.39 is 11.9 Å². The molecule has 1 saturated heterocycles. The summed E-state index contributed by atoms with van der Waals surface area (Å²) < 4.78 is 18.5. The van der Waals surface area contributed by atoms with Crippen molar-refractivity contribution < 1.29 is 13.9 Å². The minimum atomic E-state index is -0.643. The van der Waals surface area contributed by atoms with Gasteiger partial charge in [0.1, 0.15) is 11.6 Å². The Morgan fingerprint density at radius 1 is 1.45 bits per heavy atom. The van der Waals surface area contributed by atoms with E-state index in [0.717, 1.165) is 26.1 Å². The van der Waals surface area contributed by atoms with Gasteiger partial charge in [0, 0.05) is 19.6 Å². The van der Waals surface area contributed by atoms with Crippen LogP contribution in [0.25, 0.3) is 0 Å². The van der Waals surface area contributed by atoms with Gasteiger partial charge < -0.3 is 15.0 Å². The number of benzene rings is 1. The first kappa shape index (κ1) is 15.1. The van der Waals surface area contributed by atoms with Crippen molar-refractivity contribution >= 4 is 17.5 Å². The lowest BCUT2D eigenvalue weighted by molar-refractivity contribution is -0.137. The van der Waals surface area contributed by atoms with Gasteiger partial charge in [0.05, 0.1) is 5.02 Å². The van der Waals surface area contributed by atoms with Gasteiger partial charge in [-0.05, 0) is 38.1 Å². The molecule has 1 fully saturated rings. The molecule has 0 radical (unpaired) electrons. The Morgan fingerprint density at radius 2 is 2.25 bits per heavy atom. The summed E-state index contributed by atoms with van der Waals surface area (Å²) in [5, 5.41) is 3.41. The van der Waals surface area contributed by atoms with Crippen molar-refractivity contribution in [1.82, 2.24) is 10.2 Å². The van der Waals surface area contributed by atoms with E-state index in [-0.39, 0.29) is 10.9 Å². The van der Waals surface area contributed by atoms with Crippen LogP contribution < -0.4 is 10.1 Å². The Hall–Kier alpha value is -1.33. The van der Waals surface area contributed by atoms with Crippen LogP contribution in [0.2, 0.25) is 5.02 Å². The summed E-state index contributed by atoms with van der Waals surface area (Å²) in [6.07, 6.45) is 0.284. The fourth-order valence-electron chi connectivity index (χ4n) is 2.13. The fraction of sp³-hybridized carbons (Fsp3) is 0.500. The highest BCUT2D eigenvalue weighted by Gasteiger charge is 2.23. The van der Waals surface area contributed by atoms with Crippen molar-refractivity contribution in [3.63, 3.8) is 0 Å². The average Bonchev–Trinajstić information content (AvgIpc) is 2.70. The average molecular weight is 301 g/mol. The van der Waals surface area contributed by atoms with Crippen LogP contribution in [0.1, 0.15) is 13.3 Å². The van der Waals surface area contributed by atoms with Crippen molar-refractivity contribution in [1.29, 1.82) is 0 Å². The van der Waals surface area contributed by atoms with Gasteiger partial charge in [0.25, 0.3) is 5.91 Å². The van der Waals surface area contributed by atoms with Gasteiger partial charge in [-0.25, -0.2) is 4.39 Å². The van der Waals surface area contributed by atoms with Gasteiger partial charge in [0.2, 0.25) is 0 Å². The molecule has 6 heteroatoms. The fourth-order valence-corrected chi connectivity index (χ4v) is 2.35. The molecular formula is C14H18ClFN2O2. The van der Waals surface area contributed by atoms with E-state index >= 15 is 0 Å². The quantitative estimate of drug-likeness (QED) is 0.929. The summed E-state index contributed by atoms with van der Waals surface area (Å²) in [6.45, 7) is 4.78. The van der Waals surface area contributed by atoms with Crippen molar-refractivity contribution in [3.05, 3.63) is 29.0 Å². The Bertz CT molecular complexity index is 476. The van der Waals surface area contributed by atoms with Crippen LogP contribution in [0.3, 0.4) is 0 Å². The van der Waals surface area contributed by atoms with E-state index in [9.17, 15) is 9.18 Å². The van der Waals surface area contributed by atoms with Crippen LogP contribution in [0.4, 0.5) is 4.39 Å². The van der Waals surface area contributed by atoms with E-state index in [2.05, 4.69) is 5.32 Å². The SMILES string of the molecule is CC(Oc1ccc(F)cc1Cl)C(=O)N1CCCNCC1. The molecule has 0 aliphatic carbocycles. The lowest BCUT2D eigenvalue weighted by Gasteiger charge is -2.24. The molecule has 1 aromatic rings. The number of nitrogens with zero attached hydrogens (tertiary/aromatic N) is 1. The van der Waals surface area contributed by atoms with Gasteiger partial charge in [-0.1, -0.05) is 11.6 Å². The van der Waals surface area contributed by atoms with E-state index in [1.54, 1.807) is 11.8 Å². The molecule has 1 aliphatic heterocycles. The second-order valence-corrected chi connectivity index (χ2v) is 5.17. The van der Waals surface area contributed by atoms with Gasteiger partial charge in [-0.2, -0.15) is 0 Å². The Labute approximate surface area is 122 Å².